The molecule has 1 aromatic rings. The number of rotatable bonds is 6. The third-order valence-electron chi connectivity index (χ3n) is 11.9. The first kappa shape index (κ1) is 31.8. The van der Waals surface area contributed by atoms with E-state index in [1.807, 2.05) is 0 Å². The SMILES string of the molecule is CC(C)[C@@]1(O)[C@@H](OC(=O)c2ccc[nH]2)[C@@]2(O)[C@@]3(C)C[C@]4(O)O[C@@]5([C@H](O)[C@@H](C)CC[C@]35O)[C@@]2(O)[C@@]14C.O=C(O)CCC(=O)O. The molecule has 0 aromatic carbocycles. The Bertz CT molecular complexity index is 1340. The summed E-state index contributed by atoms with van der Waals surface area (Å²) in [6.07, 6.45) is -2.23. The van der Waals surface area contributed by atoms with Crippen LogP contribution in [0.25, 0.3) is 0 Å². The van der Waals surface area contributed by atoms with Gasteiger partial charge in [-0.3, -0.25) is 9.59 Å². The highest BCUT2D eigenvalue weighted by Gasteiger charge is 3.10. The Balaban J connectivity index is 0.000000407. The van der Waals surface area contributed by atoms with Gasteiger partial charge in [-0.05, 0) is 43.7 Å². The molecule has 2 aliphatic heterocycles. The molecule has 6 aliphatic rings. The van der Waals surface area contributed by atoms with E-state index in [1.54, 1.807) is 26.8 Å². The van der Waals surface area contributed by atoms with E-state index in [9.17, 15) is 45.0 Å². The quantitative estimate of drug-likeness (QED) is 0.189. The number of carboxylic acid groups (broad SMARTS) is 2. The van der Waals surface area contributed by atoms with E-state index in [-0.39, 0.29) is 31.4 Å². The highest BCUT2D eigenvalue weighted by molar-refractivity contribution is 5.87. The molecule has 2 saturated heterocycles. The van der Waals surface area contributed by atoms with Gasteiger partial charge in [-0.15, -0.1) is 0 Å². The van der Waals surface area contributed by atoms with Crippen LogP contribution in [0.2, 0.25) is 0 Å². The predicted molar refractivity (Wildman–Crippen MR) is 143 cm³/mol. The highest BCUT2D eigenvalue weighted by atomic mass is 16.7. The summed E-state index contributed by atoms with van der Waals surface area (Å²) in [5.41, 5.74) is -15.2. The summed E-state index contributed by atoms with van der Waals surface area (Å²) in [6, 6.07) is 3.06. The van der Waals surface area contributed by atoms with Gasteiger partial charge in [0, 0.05) is 18.0 Å². The van der Waals surface area contributed by atoms with E-state index < -0.39 is 86.6 Å². The maximum Gasteiger partial charge on any atom is 0.355 e. The average molecular weight is 612 g/mol. The van der Waals surface area contributed by atoms with Gasteiger partial charge in [-0.1, -0.05) is 27.7 Å². The van der Waals surface area contributed by atoms with Gasteiger partial charge in [0.2, 0.25) is 0 Å². The molecule has 3 heterocycles. The van der Waals surface area contributed by atoms with Crippen LogP contribution in [0.5, 0.6) is 0 Å². The van der Waals surface area contributed by atoms with E-state index in [4.69, 9.17) is 19.7 Å². The van der Waals surface area contributed by atoms with E-state index >= 15 is 0 Å². The lowest BCUT2D eigenvalue weighted by Crippen LogP contribution is -2.75. The third kappa shape index (κ3) is 3.01. The molecule has 43 heavy (non-hydrogen) atoms. The molecular weight excluding hydrogens is 570 g/mol. The van der Waals surface area contributed by atoms with Crippen LogP contribution in [-0.4, -0.2) is 110 Å². The minimum Gasteiger partial charge on any atom is -0.481 e. The number of aliphatic carboxylic acids is 2. The van der Waals surface area contributed by atoms with Crippen LogP contribution in [-0.2, 0) is 19.1 Å². The molecular formula is C29H41NO13. The number of ether oxygens (including phenoxy) is 2. The first-order valence-electron chi connectivity index (χ1n) is 14.4. The fourth-order valence-corrected chi connectivity index (χ4v) is 9.78. The lowest BCUT2D eigenvalue weighted by atomic mass is 9.52. The van der Waals surface area contributed by atoms with Gasteiger partial charge < -0.3 is 55.3 Å². The standard InChI is InChI=1S/C25H35NO9.C4H6O4/c1-12(2)22(31)17(34-16(28)14-7-6-10-26-14)23(32)18(4)11-21(30)19(22,5)25(23,33)24(35-21)15(27)13(3)8-9-20(18,24)29;5-3(6)1-2-4(7)8/h6-7,10,12-13,15,17,26-27,29-33H,8-9,11H2,1-5H3;1-2H2,(H,5,6)(H,7,8)/t13-,15+,17+,18-,19+,20-,21-,22+,23+,24+,25+;/m0./s1. The second kappa shape index (κ2) is 8.99. The summed E-state index contributed by atoms with van der Waals surface area (Å²) < 4.78 is 12.1. The molecule has 14 heteroatoms. The number of nitrogens with one attached hydrogen (secondary N) is 1. The Morgan fingerprint density at radius 1 is 1.07 bits per heavy atom. The molecule has 7 rings (SSSR count). The van der Waals surface area contributed by atoms with Crippen LogP contribution in [0.15, 0.2) is 18.3 Å². The number of hydrogen-bond acceptors (Lipinski definition) is 11. The number of H-pyrrole nitrogens is 1. The zero-order chi connectivity index (χ0) is 32.4. The van der Waals surface area contributed by atoms with E-state index in [0.717, 1.165) is 0 Å². The summed E-state index contributed by atoms with van der Waals surface area (Å²) in [6.45, 7) is 7.91. The Hall–Kier alpha value is -2.59. The summed E-state index contributed by atoms with van der Waals surface area (Å²) in [5.74, 6) is -6.49. The van der Waals surface area contributed by atoms with Crippen molar-refractivity contribution < 1.29 is 64.7 Å². The Morgan fingerprint density at radius 3 is 2.14 bits per heavy atom. The van der Waals surface area contributed by atoms with E-state index in [0.29, 0.717) is 6.42 Å². The lowest BCUT2D eigenvalue weighted by Gasteiger charge is -2.60. The monoisotopic (exact) mass is 611 g/mol. The third-order valence-corrected chi connectivity index (χ3v) is 11.9. The molecule has 1 spiro atoms. The number of aliphatic hydroxyl groups excluding tert-OH is 1. The summed E-state index contributed by atoms with van der Waals surface area (Å²) in [7, 11) is 0. The van der Waals surface area contributed by atoms with Gasteiger partial charge >= 0.3 is 17.9 Å². The lowest BCUT2D eigenvalue weighted by molar-refractivity contribution is -0.390. The number of carboxylic acids is 2. The number of aromatic amines is 1. The molecule has 9 N–H and O–H groups in total. The summed E-state index contributed by atoms with van der Waals surface area (Å²) >= 11 is 0. The average Bonchev–Trinajstić information content (AvgIpc) is 3.54. The van der Waals surface area contributed by atoms with Gasteiger partial charge in [0.15, 0.2) is 17.5 Å². The zero-order valence-electron chi connectivity index (χ0n) is 24.7. The fraction of sp³-hybridized carbons (Fsp3) is 0.759. The van der Waals surface area contributed by atoms with Crippen LogP contribution < -0.4 is 0 Å². The first-order chi connectivity index (χ1) is 19.6. The number of hydrogen-bond donors (Lipinski definition) is 9. The molecule has 14 nitrogen and oxygen atoms in total. The number of aromatic nitrogens is 1. The highest BCUT2D eigenvalue weighted by Crippen LogP contribution is 2.90. The fourth-order valence-electron chi connectivity index (χ4n) is 9.78. The number of esters is 1. The normalized spacial score (nSPS) is 50.3. The Kier molecular flexibility index (Phi) is 6.65. The topological polar surface area (TPSA) is 247 Å². The van der Waals surface area contributed by atoms with Gasteiger partial charge in [-0.2, -0.15) is 0 Å². The smallest absolute Gasteiger partial charge is 0.355 e. The van der Waals surface area contributed by atoms with Crippen molar-refractivity contribution in [3.8, 4) is 0 Å². The van der Waals surface area contributed by atoms with Gasteiger partial charge in [0.25, 0.3) is 0 Å². The van der Waals surface area contributed by atoms with Crippen molar-refractivity contribution in [3.05, 3.63) is 24.0 Å². The van der Waals surface area contributed by atoms with Crippen molar-refractivity contribution in [1.82, 2.24) is 4.98 Å². The first-order valence-corrected chi connectivity index (χ1v) is 14.4. The van der Waals surface area contributed by atoms with Gasteiger partial charge in [0.05, 0.1) is 24.4 Å². The molecule has 0 amide bonds. The van der Waals surface area contributed by atoms with Gasteiger partial charge in [0.1, 0.15) is 28.1 Å². The molecule has 240 valence electrons. The molecule has 0 unspecified atom stereocenters. The van der Waals surface area contributed by atoms with Crippen molar-refractivity contribution in [1.29, 1.82) is 0 Å². The zero-order valence-corrected chi connectivity index (χ0v) is 24.7. The molecule has 0 radical (unpaired) electrons. The van der Waals surface area contributed by atoms with Crippen molar-refractivity contribution in [2.24, 2.45) is 22.7 Å². The maximum absolute atomic E-state index is 13.2. The number of aliphatic hydroxyl groups is 6. The molecule has 1 aromatic heterocycles. The maximum atomic E-state index is 13.2. The number of carbonyl (C=O) groups is 3. The predicted octanol–water partition coefficient (Wildman–Crippen LogP) is -0.252. The molecule has 6 fully saturated rings. The van der Waals surface area contributed by atoms with Crippen LogP contribution in [0.4, 0.5) is 0 Å². The van der Waals surface area contributed by atoms with Gasteiger partial charge in [-0.25, -0.2) is 4.79 Å². The van der Waals surface area contributed by atoms with Crippen LogP contribution in [0, 0.1) is 22.7 Å². The minimum absolute atomic E-state index is 0.0654. The second-order valence-electron chi connectivity index (χ2n) is 13.7. The van der Waals surface area contributed by atoms with E-state index in [1.165, 1.54) is 26.1 Å². The molecule has 4 saturated carbocycles. The Morgan fingerprint density at radius 2 is 1.65 bits per heavy atom. The van der Waals surface area contributed by atoms with Crippen molar-refractivity contribution in [2.75, 3.05) is 0 Å². The number of carbonyl (C=O) groups excluding carboxylic acids is 1. The second-order valence-corrected chi connectivity index (χ2v) is 13.7. The van der Waals surface area contributed by atoms with Crippen LogP contribution in [0.3, 0.4) is 0 Å². The van der Waals surface area contributed by atoms with E-state index in [2.05, 4.69) is 4.98 Å². The Labute approximate surface area is 247 Å². The largest absolute Gasteiger partial charge is 0.481 e. The summed E-state index contributed by atoms with van der Waals surface area (Å²) in [5, 5.41) is 89.7. The molecule has 4 aliphatic carbocycles. The summed E-state index contributed by atoms with van der Waals surface area (Å²) in [4.78, 5) is 35.2. The van der Waals surface area contributed by atoms with Crippen molar-refractivity contribution in [3.63, 3.8) is 0 Å². The van der Waals surface area contributed by atoms with Crippen molar-refractivity contribution >= 4 is 17.9 Å². The van der Waals surface area contributed by atoms with Crippen LogP contribution in [0.1, 0.15) is 77.2 Å². The van der Waals surface area contributed by atoms with Crippen molar-refractivity contribution in [2.45, 2.75) is 113 Å². The molecule has 11 atom stereocenters. The molecule has 6 bridgehead atoms. The van der Waals surface area contributed by atoms with Crippen LogP contribution >= 0.6 is 0 Å². The minimum atomic E-state index is -2.59.